The second-order valence-corrected chi connectivity index (χ2v) is 7.34. The number of amides is 1. The minimum Gasteiger partial charge on any atom is -0.340 e. The molecular weight excluding hydrogens is 224 g/mol. The van der Waals surface area contributed by atoms with E-state index >= 15 is 0 Å². The molecule has 0 bridgehead atoms. The number of rotatable bonds is 3. The fraction of sp³-hybridized carbons (Fsp3) is 0.933. The Morgan fingerprint density at radius 3 is 2.22 bits per heavy atom. The number of carbonyl (C=O) groups excluding carboxylic acids is 1. The van der Waals surface area contributed by atoms with Gasteiger partial charge < -0.3 is 10.2 Å². The molecule has 1 amide bonds. The molecule has 0 aliphatic carbocycles. The lowest BCUT2D eigenvalue weighted by Crippen LogP contribution is -2.56. The summed E-state index contributed by atoms with van der Waals surface area (Å²) in [6.45, 7) is 14.9. The van der Waals surface area contributed by atoms with Crippen LogP contribution >= 0.6 is 0 Å². The summed E-state index contributed by atoms with van der Waals surface area (Å²) >= 11 is 0. The van der Waals surface area contributed by atoms with E-state index in [1.54, 1.807) is 0 Å². The summed E-state index contributed by atoms with van der Waals surface area (Å²) in [5.74, 6) is 0.796. The summed E-state index contributed by atoms with van der Waals surface area (Å²) in [5.41, 5.74) is 0.309. The molecule has 3 nitrogen and oxygen atoms in total. The van der Waals surface area contributed by atoms with Crippen molar-refractivity contribution < 1.29 is 4.79 Å². The van der Waals surface area contributed by atoms with Crippen LogP contribution in [0.25, 0.3) is 0 Å². The van der Waals surface area contributed by atoms with Gasteiger partial charge in [-0.1, -0.05) is 27.7 Å². The van der Waals surface area contributed by atoms with Gasteiger partial charge in [-0.2, -0.15) is 0 Å². The molecule has 106 valence electrons. The van der Waals surface area contributed by atoms with Gasteiger partial charge in [-0.05, 0) is 31.6 Å². The molecule has 0 radical (unpaired) electrons. The number of nitrogens with one attached hydrogen (secondary N) is 1. The Hall–Kier alpha value is -0.570. The minimum atomic E-state index is 0.309. The number of hydrogen-bond acceptors (Lipinski definition) is 2. The van der Waals surface area contributed by atoms with E-state index in [2.05, 4.69) is 46.9 Å². The Balaban J connectivity index is 2.45. The lowest BCUT2D eigenvalue weighted by molar-refractivity contribution is -0.134. The van der Waals surface area contributed by atoms with Gasteiger partial charge in [-0.3, -0.25) is 4.79 Å². The van der Waals surface area contributed by atoms with Crippen LogP contribution in [-0.2, 0) is 4.79 Å². The van der Waals surface area contributed by atoms with E-state index in [4.69, 9.17) is 0 Å². The molecule has 1 aliphatic heterocycles. The summed E-state index contributed by atoms with van der Waals surface area (Å²) < 4.78 is 0. The smallest absolute Gasteiger partial charge is 0.222 e. The highest BCUT2D eigenvalue weighted by atomic mass is 16.2. The van der Waals surface area contributed by atoms with Gasteiger partial charge in [0.15, 0.2) is 0 Å². The molecular formula is C15H30N2O. The van der Waals surface area contributed by atoms with Gasteiger partial charge in [0.2, 0.25) is 5.91 Å². The zero-order valence-electron chi connectivity index (χ0n) is 12.9. The fourth-order valence-electron chi connectivity index (χ4n) is 3.08. The van der Waals surface area contributed by atoms with Crippen LogP contribution in [0.5, 0.6) is 0 Å². The number of nitrogens with zero attached hydrogens (tertiary/aromatic N) is 1. The standard InChI is InChI=1S/C15H30N2O/c1-11(8-15(4,5)6)7-14(18)17-9-12(2)16-13(3)10-17/h11-13,16H,7-10H2,1-6H3. The molecule has 1 heterocycles. The maximum atomic E-state index is 12.3. The monoisotopic (exact) mass is 254 g/mol. The second-order valence-electron chi connectivity index (χ2n) is 7.34. The first-order chi connectivity index (χ1) is 8.17. The van der Waals surface area contributed by atoms with Crippen molar-refractivity contribution >= 4 is 5.91 Å². The van der Waals surface area contributed by atoms with E-state index in [-0.39, 0.29) is 0 Å². The molecule has 0 saturated carbocycles. The number of hydrogen-bond donors (Lipinski definition) is 1. The lowest BCUT2D eigenvalue weighted by atomic mass is 9.84. The minimum absolute atomic E-state index is 0.309. The van der Waals surface area contributed by atoms with Crippen LogP contribution in [0, 0.1) is 11.3 Å². The molecule has 1 N–H and O–H groups in total. The van der Waals surface area contributed by atoms with E-state index < -0.39 is 0 Å². The SMILES string of the molecule is CC(CC(=O)N1CC(C)NC(C)C1)CC(C)(C)C. The van der Waals surface area contributed by atoms with Crippen molar-refractivity contribution in [1.29, 1.82) is 0 Å². The van der Waals surface area contributed by atoms with Gasteiger partial charge in [0.25, 0.3) is 0 Å². The van der Waals surface area contributed by atoms with Crippen molar-refractivity contribution in [2.75, 3.05) is 13.1 Å². The maximum Gasteiger partial charge on any atom is 0.222 e. The summed E-state index contributed by atoms with van der Waals surface area (Å²) in [7, 11) is 0. The van der Waals surface area contributed by atoms with Gasteiger partial charge in [0.1, 0.15) is 0 Å². The van der Waals surface area contributed by atoms with E-state index in [1.807, 2.05) is 4.90 Å². The average molecular weight is 254 g/mol. The molecule has 0 aromatic carbocycles. The fourth-order valence-corrected chi connectivity index (χ4v) is 3.08. The van der Waals surface area contributed by atoms with E-state index in [1.165, 1.54) is 0 Å². The normalized spacial score (nSPS) is 27.1. The van der Waals surface area contributed by atoms with Gasteiger partial charge in [-0.15, -0.1) is 0 Å². The molecule has 3 atom stereocenters. The van der Waals surface area contributed by atoms with Gasteiger partial charge in [0.05, 0.1) is 0 Å². The van der Waals surface area contributed by atoms with Gasteiger partial charge >= 0.3 is 0 Å². The lowest BCUT2D eigenvalue weighted by Gasteiger charge is -2.37. The highest BCUT2D eigenvalue weighted by Crippen LogP contribution is 2.26. The summed E-state index contributed by atoms with van der Waals surface area (Å²) in [6.07, 6.45) is 1.80. The first-order valence-electron chi connectivity index (χ1n) is 7.21. The van der Waals surface area contributed by atoms with Crippen LogP contribution < -0.4 is 5.32 Å². The van der Waals surface area contributed by atoms with Crippen LogP contribution in [0.2, 0.25) is 0 Å². The Kier molecular flexibility index (Phi) is 5.20. The van der Waals surface area contributed by atoms with Crippen molar-refractivity contribution in [3.8, 4) is 0 Å². The molecule has 1 rings (SSSR count). The third-order valence-corrected chi connectivity index (χ3v) is 3.39. The first-order valence-corrected chi connectivity index (χ1v) is 7.21. The Morgan fingerprint density at radius 1 is 1.28 bits per heavy atom. The number of carbonyl (C=O) groups is 1. The summed E-state index contributed by atoms with van der Waals surface area (Å²) in [4.78, 5) is 14.3. The second kappa shape index (κ2) is 6.05. The van der Waals surface area contributed by atoms with Crippen LogP contribution in [0.15, 0.2) is 0 Å². The molecule has 1 saturated heterocycles. The van der Waals surface area contributed by atoms with Gasteiger partial charge in [0, 0.05) is 31.6 Å². The topological polar surface area (TPSA) is 32.3 Å². The highest BCUT2D eigenvalue weighted by Gasteiger charge is 2.26. The van der Waals surface area contributed by atoms with Crippen molar-refractivity contribution in [2.45, 2.75) is 66.5 Å². The predicted octanol–water partition coefficient (Wildman–Crippen LogP) is 2.66. The van der Waals surface area contributed by atoms with Gasteiger partial charge in [-0.25, -0.2) is 0 Å². The van der Waals surface area contributed by atoms with Crippen molar-refractivity contribution in [3.63, 3.8) is 0 Å². The molecule has 18 heavy (non-hydrogen) atoms. The van der Waals surface area contributed by atoms with Crippen molar-refractivity contribution in [2.24, 2.45) is 11.3 Å². The molecule has 3 heteroatoms. The Bertz CT molecular complexity index is 273. The molecule has 0 aromatic rings. The largest absolute Gasteiger partial charge is 0.340 e. The average Bonchev–Trinajstić information content (AvgIpc) is 2.12. The van der Waals surface area contributed by atoms with Crippen molar-refractivity contribution in [3.05, 3.63) is 0 Å². The highest BCUT2D eigenvalue weighted by molar-refractivity contribution is 5.76. The Morgan fingerprint density at radius 2 is 1.78 bits per heavy atom. The predicted molar refractivity (Wildman–Crippen MR) is 76.5 cm³/mol. The van der Waals surface area contributed by atoms with Crippen LogP contribution in [0.3, 0.4) is 0 Å². The van der Waals surface area contributed by atoms with E-state index in [0.717, 1.165) is 19.5 Å². The van der Waals surface area contributed by atoms with Crippen molar-refractivity contribution in [1.82, 2.24) is 10.2 Å². The van der Waals surface area contributed by atoms with E-state index in [9.17, 15) is 4.79 Å². The molecule has 3 unspecified atom stereocenters. The third-order valence-electron chi connectivity index (χ3n) is 3.39. The first kappa shape index (κ1) is 15.5. The molecule has 1 fully saturated rings. The molecule has 0 spiro atoms. The summed E-state index contributed by atoms with van der Waals surface area (Å²) in [5, 5.41) is 3.46. The maximum absolute atomic E-state index is 12.3. The van der Waals surface area contributed by atoms with E-state index in [0.29, 0.717) is 35.7 Å². The summed E-state index contributed by atoms with van der Waals surface area (Å²) in [6, 6.07) is 0.825. The quantitative estimate of drug-likeness (QED) is 0.840. The zero-order valence-corrected chi connectivity index (χ0v) is 12.9. The number of piperazine rings is 1. The zero-order chi connectivity index (χ0) is 13.9. The Labute approximate surface area is 112 Å². The van der Waals surface area contributed by atoms with Crippen LogP contribution in [0.1, 0.15) is 54.4 Å². The van der Waals surface area contributed by atoms with Crippen LogP contribution in [0.4, 0.5) is 0 Å². The molecule has 0 aromatic heterocycles. The van der Waals surface area contributed by atoms with Crippen LogP contribution in [-0.4, -0.2) is 36.0 Å². The molecule has 1 aliphatic rings. The third kappa shape index (κ3) is 5.38.